The Bertz CT molecular complexity index is 914. The van der Waals surface area contributed by atoms with E-state index in [4.69, 9.17) is 0 Å². The highest BCUT2D eigenvalue weighted by molar-refractivity contribution is 7.73. The van der Waals surface area contributed by atoms with Crippen molar-refractivity contribution in [2.75, 3.05) is 6.54 Å². The van der Waals surface area contributed by atoms with Gasteiger partial charge in [0.2, 0.25) is 0 Å². The molecule has 0 unspecified atom stereocenters. The summed E-state index contributed by atoms with van der Waals surface area (Å²) in [4.78, 5) is 0. The van der Waals surface area contributed by atoms with Crippen LogP contribution in [0.2, 0.25) is 0 Å². The first-order valence-corrected chi connectivity index (χ1v) is 23.8. The third kappa shape index (κ3) is 4.03. The Morgan fingerprint density at radius 1 is 0.333 bits per heavy atom. The molecule has 248 valence electrons. The zero-order valence-corrected chi connectivity index (χ0v) is 30.7. The van der Waals surface area contributed by atoms with Crippen molar-refractivity contribution in [2.45, 2.75) is 182 Å². The second kappa shape index (κ2) is 9.57. The zero-order valence-electron chi connectivity index (χ0n) is 28.9. The molecule has 0 spiro atoms. The van der Waals surface area contributed by atoms with Crippen molar-refractivity contribution in [1.82, 2.24) is 4.44 Å². The van der Waals surface area contributed by atoms with Crippen molar-refractivity contribution >= 4 is 16.1 Å². The van der Waals surface area contributed by atoms with E-state index in [0.717, 1.165) is 91.6 Å². The van der Waals surface area contributed by atoms with Gasteiger partial charge in [-0.2, -0.15) is 0 Å². The molecule has 0 atom stereocenters. The fourth-order valence-electron chi connectivity index (χ4n) is 19.7. The van der Waals surface area contributed by atoms with Crippen LogP contribution in [-0.2, 0) is 0 Å². The predicted octanol–water partition coefficient (Wildman–Crippen LogP) is 12.0. The molecule has 16 bridgehead atoms. The molecule has 0 aliphatic heterocycles. The second-order valence-electron chi connectivity index (χ2n) is 21.9. The van der Waals surface area contributed by atoms with Gasteiger partial charge in [0.05, 0.1) is 0 Å². The number of hydrogen-bond acceptors (Lipinski definition) is 1. The first-order chi connectivity index (χ1) is 21.9. The SMILES string of the molecule is CCN(P(C12CC3CC(CC(C3)C1)C2)C12CC3CC(CC(C3)C1)C2)P(C12CC3CC(CC(C3)C1)C2)C12CC3CC(CC(C3)C1)C2. The maximum absolute atomic E-state index is 3.78. The van der Waals surface area contributed by atoms with Crippen molar-refractivity contribution < 1.29 is 0 Å². The Balaban J connectivity index is 1.05. The minimum absolute atomic E-state index is 0.0535. The molecule has 0 N–H and O–H groups in total. The van der Waals surface area contributed by atoms with Crippen LogP contribution in [0.15, 0.2) is 0 Å². The third-order valence-electron chi connectivity index (χ3n) is 18.6. The average Bonchev–Trinajstić information content (AvgIpc) is 2.93. The van der Waals surface area contributed by atoms with Crippen LogP contribution in [0.4, 0.5) is 0 Å². The van der Waals surface area contributed by atoms with Crippen LogP contribution in [0.1, 0.15) is 161 Å². The quantitative estimate of drug-likeness (QED) is 0.249. The molecule has 0 heterocycles. The summed E-state index contributed by atoms with van der Waals surface area (Å²) in [6.07, 6.45) is 40.2. The van der Waals surface area contributed by atoms with E-state index in [1.807, 2.05) is 0 Å². The van der Waals surface area contributed by atoms with E-state index in [1.165, 1.54) is 6.54 Å². The number of hydrogen-bond donors (Lipinski definition) is 0. The summed E-state index contributed by atoms with van der Waals surface area (Å²) >= 11 is 0. The fourth-order valence-corrected chi connectivity index (χ4v) is 32.4. The molecule has 1 nitrogen and oxygen atoms in total. The molecule has 3 heteroatoms. The van der Waals surface area contributed by atoms with Gasteiger partial charge in [0.15, 0.2) is 0 Å². The molecular formula is C42H65NP2. The first kappa shape index (κ1) is 28.5. The van der Waals surface area contributed by atoms with Crippen LogP contribution in [0.3, 0.4) is 0 Å². The minimum atomic E-state index is -0.0535. The molecule has 45 heavy (non-hydrogen) atoms. The molecular weight excluding hydrogens is 580 g/mol. The van der Waals surface area contributed by atoms with Crippen molar-refractivity contribution in [3.8, 4) is 0 Å². The van der Waals surface area contributed by atoms with Gasteiger partial charge in [-0.25, -0.2) is 0 Å². The van der Waals surface area contributed by atoms with E-state index in [9.17, 15) is 0 Å². The van der Waals surface area contributed by atoms with Gasteiger partial charge in [-0.05, 0) is 241 Å². The Labute approximate surface area is 279 Å². The minimum Gasteiger partial charge on any atom is -0.258 e. The monoisotopic (exact) mass is 645 g/mol. The van der Waals surface area contributed by atoms with E-state index in [1.54, 1.807) is 154 Å². The van der Waals surface area contributed by atoms with E-state index in [2.05, 4.69) is 11.4 Å². The second-order valence-corrected chi connectivity index (χ2v) is 28.2. The largest absolute Gasteiger partial charge is 0.258 e. The molecule has 16 saturated carbocycles. The van der Waals surface area contributed by atoms with Gasteiger partial charge >= 0.3 is 0 Å². The summed E-state index contributed by atoms with van der Waals surface area (Å²) in [5, 5.41) is 3.04. The Morgan fingerprint density at radius 3 is 0.622 bits per heavy atom. The molecule has 0 aromatic carbocycles. The lowest BCUT2D eigenvalue weighted by atomic mass is 9.55. The lowest BCUT2D eigenvalue weighted by Crippen LogP contribution is -2.62. The zero-order chi connectivity index (χ0) is 29.3. The molecule has 0 radical (unpaired) electrons. The van der Waals surface area contributed by atoms with Gasteiger partial charge in [-0.1, -0.05) is 6.92 Å². The van der Waals surface area contributed by atoms with Crippen LogP contribution in [0.25, 0.3) is 0 Å². The van der Waals surface area contributed by atoms with Gasteiger partial charge in [0, 0.05) is 27.2 Å². The topological polar surface area (TPSA) is 3.24 Å². The van der Waals surface area contributed by atoms with Crippen molar-refractivity contribution in [3.05, 3.63) is 0 Å². The Morgan fingerprint density at radius 2 is 0.489 bits per heavy atom. The van der Waals surface area contributed by atoms with Gasteiger partial charge in [0.1, 0.15) is 0 Å². The predicted molar refractivity (Wildman–Crippen MR) is 190 cm³/mol. The highest BCUT2D eigenvalue weighted by atomic mass is 31.2. The molecule has 16 fully saturated rings. The van der Waals surface area contributed by atoms with Gasteiger partial charge in [-0.3, -0.25) is 4.44 Å². The summed E-state index contributed by atoms with van der Waals surface area (Å²) in [7, 11) is -0.107. The number of nitrogens with zero attached hydrogens (tertiary/aromatic N) is 1. The Hall–Kier alpha value is 0.820. The molecule has 0 amide bonds. The van der Waals surface area contributed by atoms with E-state index in [0.29, 0.717) is 0 Å². The van der Waals surface area contributed by atoms with Gasteiger partial charge in [-0.15, -0.1) is 0 Å². The van der Waals surface area contributed by atoms with Crippen LogP contribution in [0.5, 0.6) is 0 Å². The van der Waals surface area contributed by atoms with E-state index < -0.39 is 0 Å². The molecule has 16 rings (SSSR count). The van der Waals surface area contributed by atoms with E-state index >= 15 is 0 Å². The van der Waals surface area contributed by atoms with Gasteiger partial charge in [0.25, 0.3) is 0 Å². The summed E-state index contributed by atoms with van der Waals surface area (Å²) in [5.74, 6) is 13.5. The van der Waals surface area contributed by atoms with E-state index in [-0.39, 0.29) is 16.1 Å². The first-order valence-electron chi connectivity index (χ1n) is 21.3. The maximum atomic E-state index is 3.78. The van der Waals surface area contributed by atoms with Crippen molar-refractivity contribution in [3.63, 3.8) is 0 Å². The molecule has 0 saturated heterocycles. The molecule has 16 aliphatic rings. The van der Waals surface area contributed by atoms with Crippen LogP contribution in [-0.4, -0.2) is 31.6 Å². The summed E-state index contributed by atoms with van der Waals surface area (Å²) in [6.45, 7) is 4.25. The highest BCUT2D eigenvalue weighted by Crippen LogP contribution is 2.89. The maximum Gasteiger partial charge on any atom is 0.00533 e. The smallest absolute Gasteiger partial charge is 0.00533 e. The summed E-state index contributed by atoms with van der Waals surface area (Å²) in [5.41, 5.74) is 0. The molecule has 0 aromatic rings. The van der Waals surface area contributed by atoms with Gasteiger partial charge < -0.3 is 0 Å². The van der Waals surface area contributed by atoms with Crippen molar-refractivity contribution in [2.24, 2.45) is 71.0 Å². The average molecular weight is 646 g/mol. The molecule has 0 aromatic heterocycles. The van der Waals surface area contributed by atoms with Crippen LogP contribution < -0.4 is 0 Å². The van der Waals surface area contributed by atoms with Crippen LogP contribution in [0, 0.1) is 71.0 Å². The summed E-state index contributed by atoms with van der Waals surface area (Å²) < 4.78 is 3.78. The normalized spacial score (nSPS) is 62.0. The summed E-state index contributed by atoms with van der Waals surface area (Å²) in [6, 6.07) is 0. The van der Waals surface area contributed by atoms with Crippen molar-refractivity contribution in [1.29, 1.82) is 0 Å². The fraction of sp³-hybridized carbons (Fsp3) is 1.00. The standard InChI is InChI=1S/C42H65NP2/c1-2-43(44(39-15-27-3-28(16-39)5-29(4-27)17-39)40-18-30-6-31(19-40)8-32(7-30)20-40)45(41-21-33-9-34(22-41)11-35(10-33)23-41)42-24-36-12-37(25-42)14-38(13-36)26-42/h27-38H,2-26H2,1H3. The lowest BCUT2D eigenvalue weighted by molar-refractivity contribution is 0.0115. The third-order valence-corrected chi connectivity index (χ3v) is 26.9. The lowest BCUT2D eigenvalue weighted by Gasteiger charge is -2.74. The molecule has 16 aliphatic carbocycles. The highest BCUT2D eigenvalue weighted by Gasteiger charge is 2.70. The van der Waals surface area contributed by atoms with Crippen LogP contribution >= 0.6 is 16.1 Å². The number of rotatable bonds is 7. The Kier molecular flexibility index (Phi) is 6.06.